The molecule has 0 saturated carbocycles. The first-order chi connectivity index (χ1) is 44.2. The number of fused-ring (bicyclic) bond motifs is 16. The monoisotopic (exact) mass is 1270 g/mol. The molecule has 8 atom stereocenters. The largest absolute Gasteiger partial charge is 0.535 e. The topological polar surface area (TPSA) is 203 Å². The molecule has 0 fully saturated rings. The van der Waals surface area contributed by atoms with Gasteiger partial charge >= 0.3 is 28.5 Å². The molecule has 0 spiro atoms. The molecule has 5 aliphatic rings. The Morgan fingerprint density at radius 3 is 0.696 bits per heavy atom. The van der Waals surface area contributed by atoms with E-state index in [1.807, 2.05) is 0 Å². The number of hydrogen-bond donors (Lipinski definition) is 8. The number of rotatable bonds is 16. The minimum absolute atomic E-state index is 0.0458. The van der Waals surface area contributed by atoms with E-state index in [1.54, 1.807) is 0 Å². The maximum Gasteiger partial charge on any atom is 0.525 e. The van der Waals surface area contributed by atoms with Crippen molar-refractivity contribution in [3.05, 3.63) is 91.0 Å². The minimum atomic E-state index is -0.659. The van der Waals surface area contributed by atoms with Crippen molar-refractivity contribution in [1.82, 2.24) is 21.3 Å². The number of phenols is 4. The highest BCUT2D eigenvalue weighted by Gasteiger charge is 2.43. The summed E-state index contributed by atoms with van der Waals surface area (Å²) < 4.78 is 56.1. The Balaban J connectivity index is 1.57. The summed E-state index contributed by atoms with van der Waals surface area (Å²) in [5.74, 6) is 0.647. The molecule has 4 heterocycles. The molecule has 4 aromatic rings. The van der Waals surface area contributed by atoms with Gasteiger partial charge in [-0.25, -0.2) is 0 Å². The van der Waals surface area contributed by atoms with E-state index < -0.39 is 52.1 Å². The van der Waals surface area contributed by atoms with E-state index in [4.69, 9.17) is 37.2 Å². The second kappa shape index (κ2) is 32.3. The highest BCUT2D eigenvalue weighted by Crippen LogP contribution is 2.58. The lowest BCUT2D eigenvalue weighted by Crippen LogP contribution is -2.35. The fourth-order valence-electron chi connectivity index (χ4n) is 14.5. The van der Waals surface area contributed by atoms with Crippen molar-refractivity contribution >= 4 is 28.5 Å². The van der Waals surface area contributed by atoms with Crippen LogP contribution in [0.2, 0.25) is 25.3 Å². The zero-order valence-corrected chi connectivity index (χ0v) is 58.7. The Bertz CT molecular complexity index is 2710. The molecule has 1 aliphatic carbocycles. The normalized spacial score (nSPS) is 23.4. The second-order valence-corrected chi connectivity index (χ2v) is 28.7. The fraction of sp³-hybridized carbons (Fsp3) is 0.667. The Morgan fingerprint density at radius 2 is 0.533 bits per heavy atom. The third-order valence-corrected chi connectivity index (χ3v) is 20.0. The Kier molecular flexibility index (Phi) is 25.1. The van der Waals surface area contributed by atoms with Crippen LogP contribution in [0.5, 0.6) is 46.0 Å². The molecular weight excluding hydrogens is 1160 g/mol. The lowest BCUT2D eigenvalue weighted by Gasteiger charge is -2.35. The number of hydrogen-bond acceptors (Lipinski definition) is 16. The van der Waals surface area contributed by atoms with E-state index in [1.165, 1.54) is 0 Å². The summed E-state index contributed by atoms with van der Waals surface area (Å²) in [6.07, 6.45) is 7.57. The summed E-state index contributed by atoms with van der Waals surface area (Å²) in [5.41, 5.74) is 8.43. The first-order valence-corrected chi connectivity index (χ1v) is 35.8. The summed E-state index contributed by atoms with van der Waals surface area (Å²) in [6.45, 7) is 37.3. The quantitative estimate of drug-likeness (QED) is 0.0492. The van der Waals surface area contributed by atoms with E-state index in [0.29, 0.717) is 145 Å². The first kappa shape index (κ1) is 71.5. The van der Waals surface area contributed by atoms with Gasteiger partial charge in [0.05, 0.1) is 0 Å². The van der Waals surface area contributed by atoms with Gasteiger partial charge in [0.25, 0.3) is 0 Å². The Morgan fingerprint density at radius 1 is 0.337 bits per heavy atom. The van der Waals surface area contributed by atoms with E-state index in [0.717, 1.165) is 47.9 Å². The Labute approximate surface area is 553 Å². The average Bonchev–Trinajstić information content (AvgIpc) is 0.851. The van der Waals surface area contributed by atoms with Crippen molar-refractivity contribution in [3.63, 3.8) is 0 Å². The molecule has 504 valence electrons. The second-order valence-electron chi connectivity index (χ2n) is 28.7. The van der Waals surface area contributed by atoms with E-state index in [9.17, 15) is 20.4 Å². The van der Waals surface area contributed by atoms with Gasteiger partial charge in [0, 0.05) is 167 Å². The van der Waals surface area contributed by atoms with Crippen LogP contribution in [-0.2, 0) is 44.8 Å². The lowest BCUT2D eigenvalue weighted by atomic mass is 9.72. The minimum Gasteiger partial charge on any atom is -0.535 e. The molecule has 0 aromatic heterocycles. The van der Waals surface area contributed by atoms with Gasteiger partial charge in [0.2, 0.25) is 0 Å². The summed E-state index contributed by atoms with van der Waals surface area (Å²) >= 11 is 0. The zero-order valence-electron chi connectivity index (χ0n) is 58.7. The van der Waals surface area contributed by atoms with Crippen LogP contribution in [0.15, 0.2) is 24.3 Å². The van der Waals surface area contributed by atoms with Crippen LogP contribution in [0.1, 0.15) is 253 Å². The predicted octanol–water partition coefficient (Wildman–Crippen LogP) is 14.7. The SMILES string of the molecule is CCB1OC[C@@H](CC)NCc2c(O)c3cc(c2O1)C(CC(C)C)c1cc(c2c(c1O)CN[C@H](CC)COB(CC)O2)C(CC(C)C)c1cc(c2c(c1O)CN[C@H](CC)COB(CC)O2)C(CC(C)C)c1cc(c2c(c1O)CN[C@H](CC)COB(CC)O2)C3CC(C)C. The molecular formula is C72H112B4N4O12. The lowest BCUT2D eigenvalue weighted by molar-refractivity contribution is 0.229. The van der Waals surface area contributed by atoms with Gasteiger partial charge < -0.3 is 78.9 Å². The highest BCUT2D eigenvalue weighted by molar-refractivity contribution is 6.46. The molecule has 8 N–H and O–H groups in total. The van der Waals surface area contributed by atoms with Gasteiger partial charge in [-0.15, -0.1) is 0 Å². The van der Waals surface area contributed by atoms with Crippen molar-refractivity contribution in [3.8, 4) is 46.0 Å². The summed E-state index contributed by atoms with van der Waals surface area (Å²) in [4.78, 5) is 0. The molecule has 20 heteroatoms. The van der Waals surface area contributed by atoms with Crippen molar-refractivity contribution < 1.29 is 57.7 Å². The molecule has 8 bridgehead atoms. The molecule has 16 nitrogen and oxygen atoms in total. The molecule has 4 unspecified atom stereocenters. The van der Waals surface area contributed by atoms with E-state index in [-0.39, 0.29) is 97.0 Å². The summed E-state index contributed by atoms with van der Waals surface area (Å²) in [6, 6.07) is 8.51. The maximum atomic E-state index is 13.9. The third-order valence-electron chi connectivity index (χ3n) is 20.0. The van der Waals surface area contributed by atoms with Gasteiger partial charge in [-0.1, -0.05) is 111 Å². The summed E-state index contributed by atoms with van der Waals surface area (Å²) in [7, 11) is -2.63. The fourth-order valence-corrected chi connectivity index (χ4v) is 14.5. The summed E-state index contributed by atoms with van der Waals surface area (Å²) in [5, 5.41) is 70.7. The van der Waals surface area contributed by atoms with Crippen molar-refractivity contribution in [1.29, 1.82) is 0 Å². The molecule has 0 saturated heterocycles. The molecule has 92 heavy (non-hydrogen) atoms. The van der Waals surface area contributed by atoms with Gasteiger partial charge in [0.15, 0.2) is 0 Å². The van der Waals surface area contributed by atoms with Crippen LogP contribution in [0.3, 0.4) is 0 Å². The average molecular weight is 1270 g/mol. The van der Waals surface area contributed by atoms with Crippen LogP contribution in [0, 0.1) is 23.7 Å². The first-order valence-electron chi connectivity index (χ1n) is 35.8. The molecule has 4 aromatic carbocycles. The van der Waals surface area contributed by atoms with Crippen LogP contribution in [0.4, 0.5) is 0 Å². The standard InChI is InChI=1S/C72H112B4N4O12/c1-17-45-37-85-73(21-5)89-69-57-29-53(65(81)61(69)33-77-45)49(25-41(9)10)58-31-55(67(83)63-35-79-47(19-3)38-86-74(22-6)90-70(58)63)51(27-43(13)14)60-32-56(68(84)64-36-80-48(20-4)40-88-76(24-8)92-72(60)64)52(28-44(15)16)59-30-54(50(57)26-42(11)12)66(82)62-34-78-46(18-2)39-87-75(23-7)91-71(59)62/h29-32,41-52,77-84H,17-28,33-40H2,1-16H3/t45-,46-,47-,48-,49?,50?,51?,52?/m1/s1. The van der Waals surface area contributed by atoms with Crippen LogP contribution < -0.4 is 39.9 Å². The number of phenolic OH excluding ortho intramolecular Hbond substituents is 4. The maximum absolute atomic E-state index is 13.9. The predicted molar refractivity (Wildman–Crippen MR) is 373 cm³/mol. The van der Waals surface area contributed by atoms with E-state index >= 15 is 0 Å². The highest BCUT2D eigenvalue weighted by atomic mass is 16.6. The smallest absolute Gasteiger partial charge is 0.525 e. The number of nitrogens with one attached hydrogen (secondary N) is 4. The van der Waals surface area contributed by atoms with Crippen molar-refractivity contribution in [2.75, 3.05) is 26.4 Å². The van der Waals surface area contributed by atoms with Crippen LogP contribution >= 0.6 is 0 Å². The van der Waals surface area contributed by atoms with Gasteiger partial charge in [-0.05, 0) is 125 Å². The van der Waals surface area contributed by atoms with Crippen LogP contribution in [0.25, 0.3) is 0 Å². The zero-order chi connectivity index (χ0) is 66.2. The van der Waals surface area contributed by atoms with Crippen molar-refractivity contribution in [2.24, 2.45) is 23.7 Å². The third kappa shape index (κ3) is 15.9. The van der Waals surface area contributed by atoms with Gasteiger partial charge in [0.1, 0.15) is 46.0 Å². The molecule has 0 amide bonds. The molecule has 9 rings (SSSR count). The molecule has 0 radical (unpaired) electrons. The van der Waals surface area contributed by atoms with Crippen LogP contribution in [-0.4, -0.2) is 99.5 Å². The van der Waals surface area contributed by atoms with Gasteiger partial charge in [-0.3, -0.25) is 0 Å². The van der Waals surface area contributed by atoms with E-state index in [2.05, 4.69) is 156 Å². The number of benzene rings is 4. The Hall–Kier alpha value is -4.78. The molecule has 4 aliphatic heterocycles. The van der Waals surface area contributed by atoms with Crippen molar-refractivity contribution in [2.45, 2.75) is 261 Å². The van der Waals surface area contributed by atoms with Gasteiger partial charge in [-0.2, -0.15) is 0 Å². The number of aromatic hydroxyl groups is 4.